The second kappa shape index (κ2) is 9.62. The van der Waals surface area contributed by atoms with Crippen molar-refractivity contribution in [3.05, 3.63) is 77.4 Å². The van der Waals surface area contributed by atoms with Gasteiger partial charge >= 0.3 is 5.97 Å². The molecule has 2 aliphatic carbocycles. The van der Waals surface area contributed by atoms with Gasteiger partial charge in [-0.2, -0.15) is 0 Å². The van der Waals surface area contributed by atoms with E-state index in [1.165, 1.54) is 0 Å². The van der Waals surface area contributed by atoms with Crippen LogP contribution in [0.15, 0.2) is 65.6 Å². The summed E-state index contributed by atoms with van der Waals surface area (Å²) in [5.74, 6) is -0.727. The Balaban J connectivity index is 2.12. The van der Waals surface area contributed by atoms with Gasteiger partial charge in [0.1, 0.15) is 0 Å². The number of carboxylic acid groups (broad SMARTS) is 1. The zero-order chi connectivity index (χ0) is 22.6. The van der Waals surface area contributed by atoms with Gasteiger partial charge in [0.15, 0.2) is 0 Å². The minimum absolute atomic E-state index is 0.191. The number of nitrogens with one attached hydrogen (secondary N) is 1. The summed E-state index contributed by atoms with van der Waals surface area (Å²) in [5.41, 5.74) is 3.37. The number of rotatable bonds is 9. The van der Waals surface area contributed by atoms with Crippen molar-refractivity contribution in [2.24, 2.45) is 0 Å². The first-order chi connectivity index (χ1) is 14.7. The van der Waals surface area contributed by atoms with Crippen molar-refractivity contribution in [3.63, 3.8) is 0 Å². The number of carboxylic acids is 1. The molecule has 3 rings (SSSR count). The van der Waals surface area contributed by atoms with Crippen LogP contribution in [0.25, 0.3) is 11.1 Å². The van der Waals surface area contributed by atoms with E-state index < -0.39 is 22.0 Å². The fourth-order valence-electron chi connectivity index (χ4n) is 3.78. The molecule has 1 aromatic carbocycles. The Morgan fingerprint density at radius 1 is 1.00 bits per heavy atom. The van der Waals surface area contributed by atoms with Crippen LogP contribution < -0.4 is 4.72 Å². The molecule has 2 aliphatic rings. The summed E-state index contributed by atoms with van der Waals surface area (Å²) < 4.78 is 28.9. The van der Waals surface area contributed by atoms with Crippen molar-refractivity contribution in [1.82, 2.24) is 4.72 Å². The number of benzene rings is 1. The summed E-state index contributed by atoms with van der Waals surface area (Å²) in [6, 6.07) is 17.0. The van der Waals surface area contributed by atoms with Gasteiger partial charge < -0.3 is 5.11 Å². The van der Waals surface area contributed by atoms with E-state index in [-0.39, 0.29) is 10.5 Å². The summed E-state index contributed by atoms with van der Waals surface area (Å²) in [7, 11) is -3.75. The predicted octanol–water partition coefficient (Wildman–Crippen LogP) is 5.82. The number of hydrogen-bond donors (Lipinski definition) is 2. The van der Waals surface area contributed by atoms with E-state index in [0.29, 0.717) is 23.5 Å². The molecule has 31 heavy (non-hydrogen) atoms. The van der Waals surface area contributed by atoms with Gasteiger partial charge in [-0.25, -0.2) is 17.9 Å². The smallest absolute Gasteiger partial charge is 0.336 e. The van der Waals surface area contributed by atoms with E-state index >= 15 is 0 Å². The molecule has 0 saturated heterocycles. The highest BCUT2D eigenvalue weighted by Gasteiger charge is 2.28. The summed E-state index contributed by atoms with van der Waals surface area (Å²) in [5, 5.41) is 9.79. The van der Waals surface area contributed by atoms with Gasteiger partial charge in [-0.05, 0) is 52.8 Å². The third-order valence-electron chi connectivity index (χ3n) is 5.55. The standard InChI is InChI=1S/C25H29NO4S/c1-4-5-11-24(26-31(29,30)19-9-7-6-8-10-19)22-16-23(25(27)28)21-15-13-18(17(2)3)12-14-20(21)22/h6-10,12-17,24,26H,4-5,11H2,1-3H3,(H,27,28). The van der Waals surface area contributed by atoms with E-state index in [1.54, 1.807) is 36.4 Å². The summed E-state index contributed by atoms with van der Waals surface area (Å²) >= 11 is 0. The first-order valence-corrected chi connectivity index (χ1v) is 12.1. The van der Waals surface area contributed by atoms with Crippen molar-refractivity contribution < 1.29 is 18.3 Å². The molecule has 1 aromatic rings. The van der Waals surface area contributed by atoms with Crippen LogP contribution in [-0.2, 0) is 10.0 Å². The minimum Gasteiger partial charge on any atom is -0.478 e. The maximum atomic E-state index is 13.0. The van der Waals surface area contributed by atoms with Crippen LogP contribution in [0.4, 0.5) is 0 Å². The summed E-state index contributed by atoms with van der Waals surface area (Å²) in [6.45, 7) is 6.21. The molecule has 2 N–H and O–H groups in total. The van der Waals surface area contributed by atoms with Gasteiger partial charge in [-0.3, -0.25) is 0 Å². The Labute approximate surface area is 184 Å². The van der Waals surface area contributed by atoms with E-state index in [2.05, 4.69) is 18.6 Å². The summed E-state index contributed by atoms with van der Waals surface area (Å²) in [4.78, 5) is 12.1. The molecule has 0 bridgehead atoms. The Hall–Kier alpha value is -2.70. The molecule has 0 aromatic heterocycles. The maximum Gasteiger partial charge on any atom is 0.336 e. The third kappa shape index (κ3) is 5.14. The number of sulfonamides is 1. The van der Waals surface area contributed by atoms with E-state index in [1.807, 2.05) is 31.2 Å². The second-order valence-electron chi connectivity index (χ2n) is 8.10. The SMILES string of the molecule is CCCCC(NS(=O)(=O)c1ccccc1)c1cc(C(=O)O)c2ccc(C(C)C)ccc1-2. The average Bonchev–Trinajstić information content (AvgIpc) is 2.96. The molecule has 0 amide bonds. The minimum atomic E-state index is -3.75. The van der Waals surface area contributed by atoms with E-state index in [0.717, 1.165) is 24.0 Å². The molecule has 6 heteroatoms. The second-order valence-corrected chi connectivity index (χ2v) is 9.81. The predicted molar refractivity (Wildman–Crippen MR) is 123 cm³/mol. The number of aromatic carboxylic acids is 1. The highest BCUT2D eigenvalue weighted by Crippen LogP contribution is 2.38. The topological polar surface area (TPSA) is 83.5 Å². The molecule has 0 radical (unpaired) electrons. The Morgan fingerprint density at radius 3 is 2.23 bits per heavy atom. The largest absolute Gasteiger partial charge is 0.478 e. The highest BCUT2D eigenvalue weighted by molar-refractivity contribution is 7.89. The third-order valence-corrected chi connectivity index (χ3v) is 7.03. The molecule has 0 saturated carbocycles. The first-order valence-electron chi connectivity index (χ1n) is 10.6. The van der Waals surface area contributed by atoms with Crippen LogP contribution in [0.3, 0.4) is 0 Å². The van der Waals surface area contributed by atoms with Crippen LogP contribution >= 0.6 is 0 Å². The number of fused-ring (bicyclic) bond motifs is 1. The molecule has 1 unspecified atom stereocenters. The summed E-state index contributed by atoms with van der Waals surface area (Å²) in [6.07, 6.45) is 2.29. The monoisotopic (exact) mass is 439 g/mol. The van der Waals surface area contributed by atoms with Crippen molar-refractivity contribution in [2.45, 2.75) is 56.9 Å². The Kier molecular flexibility index (Phi) is 7.13. The van der Waals surface area contributed by atoms with Crippen LogP contribution in [0.2, 0.25) is 0 Å². The lowest BCUT2D eigenvalue weighted by Crippen LogP contribution is -2.28. The normalized spacial score (nSPS) is 12.9. The quantitative estimate of drug-likeness (QED) is 0.440. The molecule has 0 aliphatic heterocycles. The highest BCUT2D eigenvalue weighted by atomic mass is 32.2. The lowest BCUT2D eigenvalue weighted by atomic mass is 9.99. The van der Waals surface area contributed by atoms with Gasteiger partial charge in [0.05, 0.1) is 10.5 Å². The van der Waals surface area contributed by atoms with Crippen LogP contribution in [0.5, 0.6) is 0 Å². The molecule has 1 atom stereocenters. The van der Waals surface area contributed by atoms with Gasteiger partial charge in [0, 0.05) is 6.04 Å². The lowest BCUT2D eigenvalue weighted by molar-refractivity contribution is 0.0698. The van der Waals surface area contributed by atoms with Crippen molar-refractivity contribution in [2.75, 3.05) is 0 Å². The average molecular weight is 440 g/mol. The first kappa shape index (κ1) is 23.0. The zero-order valence-corrected chi connectivity index (χ0v) is 18.9. The number of hydrogen-bond acceptors (Lipinski definition) is 3. The molecule has 0 spiro atoms. The van der Waals surface area contributed by atoms with Gasteiger partial charge in [-0.1, -0.05) is 76.1 Å². The van der Waals surface area contributed by atoms with Crippen molar-refractivity contribution in [3.8, 4) is 11.1 Å². The molecule has 5 nitrogen and oxygen atoms in total. The Bertz CT molecular complexity index is 1120. The maximum absolute atomic E-state index is 13.0. The van der Waals surface area contributed by atoms with Crippen molar-refractivity contribution >= 4 is 16.0 Å². The Morgan fingerprint density at radius 2 is 1.65 bits per heavy atom. The fourth-order valence-corrected chi connectivity index (χ4v) is 5.05. The van der Waals surface area contributed by atoms with Crippen LogP contribution in [0.1, 0.15) is 73.5 Å². The van der Waals surface area contributed by atoms with Crippen molar-refractivity contribution in [1.29, 1.82) is 0 Å². The molecular formula is C25H29NO4S. The number of carbonyl (C=O) groups is 1. The molecule has 0 heterocycles. The fraction of sp³-hybridized carbons (Fsp3) is 0.320. The zero-order valence-electron chi connectivity index (χ0n) is 18.1. The van der Waals surface area contributed by atoms with E-state index in [4.69, 9.17) is 0 Å². The lowest BCUT2D eigenvalue weighted by Gasteiger charge is -2.19. The molecular weight excluding hydrogens is 410 g/mol. The molecule has 0 fully saturated rings. The van der Waals surface area contributed by atoms with Crippen LogP contribution in [0, 0.1) is 0 Å². The van der Waals surface area contributed by atoms with Crippen LogP contribution in [-0.4, -0.2) is 19.5 Å². The van der Waals surface area contributed by atoms with Gasteiger partial charge in [-0.15, -0.1) is 0 Å². The van der Waals surface area contributed by atoms with Gasteiger partial charge in [0.2, 0.25) is 10.0 Å². The van der Waals surface area contributed by atoms with E-state index in [9.17, 15) is 18.3 Å². The number of unbranched alkanes of at least 4 members (excludes halogenated alkanes) is 1. The molecule has 164 valence electrons. The van der Waals surface area contributed by atoms with Gasteiger partial charge in [0.25, 0.3) is 0 Å².